The molecule has 2 aromatic heterocycles. The second-order valence-corrected chi connectivity index (χ2v) is 6.41. The zero-order valence-corrected chi connectivity index (χ0v) is 14.2. The Bertz CT molecular complexity index is 956. The zero-order valence-electron chi connectivity index (χ0n) is 14.2. The maximum Gasteiger partial charge on any atom is 0.360 e. The van der Waals surface area contributed by atoms with Crippen molar-refractivity contribution in [3.63, 3.8) is 0 Å². The van der Waals surface area contributed by atoms with Gasteiger partial charge in [0.25, 0.3) is 11.5 Å². The maximum absolute atomic E-state index is 13.0. The van der Waals surface area contributed by atoms with E-state index >= 15 is 0 Å². The van der Waals surface area contributed by atoms with Crippen LogP contribution in [0.25, 0.3) is 10.9 Å². The molecule has 1 saturated carbocycles. The minimum atomic E-state index is -0.687. The van der Waals surface area contributed by atoms with Crippen LogP contribution in [0.3, 0.4) is 0 Å². The summed E-state index contributed by atoms with van der Waals surface area (Å²) in [5, 5.41) is 6.28. The summed E-state index contributed by atoms with van der Waals surface area (Å²) in [6.45, 7) is 2.45. The molecule has 0 bridgehead atoms. The average Bonchev–Trinajstić information content (AvgIpc) is 3.38. The molecule has 3 heterocycles. The SMILES string of the molecule is COC(=O)c1n[nH]c(=O)c2c(OC)c3n(c12)[C@@H](C)CN(C1CC1)C3=O. The maximum atomic E-state index is 13.0. The number of H-pyrrole nitrogens is 1. The van der Waals surface area contributed by atoms with Gasteiger partial charge in [0, 0.05) is 18.6 Å². The van der Waals surface area contributed by atoms with Crippen LogP contribution in [0.1, 0.15) is 46.8 Å². The summed E-state index contributed by atoms with van der Waals surface area (Å²) < 4.78 is 11.9. The molecule has 4 rings (SSSR count). The van der Waals surface area contributed by atoms with Crippen LogP contribution in [-0.4, -0.2) is 58.3 Å². The zero-order chi connectivity index (χ0) is 17.9. The second-order valence-electron chi connectivity index (χ2n) is 6.41. The summed E-state index contributed by atoms with van der Waals surface area (Å²) in [6.07, 6.45) is 1.97. The van der Waals surface area contributed by atoms with Crippen LogP contribution >= 0.6 is 0 Å². The summed E-state index contributed by atoms with van der Waals surface area (Å²) in [4.78, 5) is 39.4. The van der Waals surface area contributed by atoms with E-state index in [-0.39, 0.29) is 46.0 Å². The van der Waals surface area contributed by atoms with Crippen LogP contribution in [0, 0.1) is 0 Å². The van der Waals surface area contributed by atoms with Crippen molar-refractivity contribution in [2.45, 2.75) is 31.8 Å². The number of nitrogens with one attached hydrogen (secondary N) is 1. The van der Waals surface area contributed by atoms with E-state index in [1.54, 1.807) is 4.57 Å². The lowest BCUT2D eigenvalue weighted by atomic mass is 10.2. The third kappa shape index (κ3) is 2.08. The van der Waals surface area contributed by atoms with Crippen molar-refractivity contribution in [1.82, 2.24) is 19.7 Å². The number of hydrogen-bond acceptors (Lipinski definition) is 6. The first-order valence-electron chi connectivity index (χ1n) is 8.09. The molecule has 1 atom stereocenters. The minimum absolute atomic E-state index is 0.0406. The standard InChI is InChI=1S/C16H18N4O5/c1-7-6-19(8-4-5-8)15(22)12-13(24-2)9-11(20(7)12)10(16(23)25-3)17-18-14(9)21/h7-8H,4-6H2,1-3H3,(H,18,21)/t7-/m0/s1. The molecule has 2 aromatic rings. The van der Waals surface area contributed by atoms with Gasteiger partial charge in [-0.05, 0) is 19.8 Å². The van der Waals surface area contributed by atoms with Crippen LogP contribution in [-0.2, 0) is 4.74 Å². The highest BCUT2D eigenvalue weighted by molar-refractivity contribution is 6.09. The minimum Gasteiger partial charge on any atom is -0.493 e. The van der Waals surface area contributed by atoms with E-state index in [1.807, 2.05) is 11.8 Å². The van der Waals surface area contributed by atoms with E-state index in [2.05, 4.69) is 10.2 Å². The number of aromatic amines is 1. The van der Waals surface area contributed by atoms with Gasteiger partial charge in [-0.3, -0.25) is 9.59 Å². The first-order valence-corrected chi connectivity index (χ1v) is 8.09. The van der Waals surface area contributed by atoms with Gasteiger partial charge in [0.15, 0.2) is 17.1 Å². The van der Waals surface area contributed by atoms with E-state index in [0.29, 0.717) is 6.54 Å². The highest BCUT2D eigenvalue weighted by Gasteiger charge is 2.43. The molecule has 25 heavy (non-hydrogen) atoms. The summed E-state index contributed by atoms with van der Waals surface area (Å²) in [5.74, 6) is -0.705. The summed E-state index contributed by atoms with van der Waals surface area (Å²) in [7, 11) is 2.64. The van der Waals surface area contributed by atoms with E-state index in [9.17, 15) is 14.4 Å². The normalized spacial score (nSPS) is 19.9. The van der Waals surface area contributed by atoms with Crippen LogP contribution in [0.4, 0.5) is 0 Å². The fourth-order valence-corrected chi connectivity index (χ4v) is 3.59. The van der Waals surface area contributed by atoms with E-state index < -0.39 is 11.5 Å². The third-order valence-corrected chi connectivity index (χ3v) is 4.82. The Balaban J connectivity index is 2.09. The molecule has 0 unspecified atom stereocenters. The molecule has 0 aromatic carbocycles. The Morgan fingerprint density at radius 1 is 1.28 bits per heavy atom. The topological polar surface area (TPSA) is 107 Å². The van der Waals surface area contributed by atoms with Gasteiger partial charge in [-0.25, -0.2) is 9.89 Å². The molecule has 132 valence electrons. The lowest BCUT2D eigenvalue weighted by Crippen LogP contribution is -2.43. The lowest BCUT2D eigenvalue weighted by Gasteiger charge is -2.33. The number of aromatic nitrogens is 3. The molecular formula is C16H18N4O5. The molecule has 0 radical (unpaired) electrons. The van der Waals surface area contributed by atoms with Gasteiger partial charge in [0.2, 0.25) is 0 Å². The Morgan fingerprint density at radius 3 is 2.60 bits per heavy atom. The lowest BCUT2D eigenvalue weighted by molar-refractivity contribution is 0.0590. The molecule has 1 aliphatic heterocycles. The number of nitrogens with zero attached hydrogens (tertiary/aromatic N) is 3. The van der Waals surface area contributed by atoms with Crippen molar-refractivity contribution >= 4 is 22.8 Å². The molecule has 1 N–H and O–H groups in total. The molecular weight excluding hydrogens is 328 g/mol. The largest absolute Gasteiger partial charge is 0.493 e. The van der Waals surface area contributed by atoms with Crippen LogP contribution in [0.2, 0.25) is 0 Å². The number of carbonyl (C=O) groups excluding carboxylic acids is 2. The molecule has 1 amide bonds. The molecule has 9 nitrogen and oxygen atoms in total. The van der Waals surface area contributed by atoms with Gasteiger partial charge in [-0.2, -0.15) is 5.10 Å². The van der Waals surface area contributed by atoms with E-state index in [1.165, 1.54) is 14.2 Å². The molecule has 2 aliphatic rings. The van der Waals surface area contributed by atoms with Crippen LogP contribution in [0.5, 0.6) is 5.75 Å². The molecule has 1 aliphatic carbocycles. The van der Waals surface area contributed by atoms with Gasteiger partial charge >= 0.3 is 5.97 Å². The molecule has 9 heteroatoms. The number of fused-ring (bicyclic) bond motifs is 3. The van der Waals surface area contributed by atoms with Crippen LogP contribution in [0.15, 0.2) is 4.79 Å². The van der Waals surface area contributed by atoms with Crippen molar-refractivity contribution in [2.75, 3.05) is 20.8 Å². The van der Waals surface area contributed by atoms with Gasteiger partial charge in [-0.1, -0.05) is 0 Å². The third-order valence-electron chi connectivity index (χ3n) is 4.82. The molecule has 0 spiro atoms. The number of hydrogen-bond donors (Lipinski definition) is 1. The Kier molecular flexibility index (Phi) is 3.34. The van der Waals surface area contributed by atoms with Crippen molar-refractivity contribution in [1.29, 1.82) is 0 Å². The van der Waals surface area contributed by atoms with Gasteiger partial charge in [0.05, 0.1) is 19.7 Å². The fraction of sp³-hybridized carbons (Fsp3) is 0.500. The smallest absolute Gasteiger partial charge is 0.360 e. The average molecular weight is 346 g/mol. The highest BCUT2D eigenvalue weighted by atomic mass is 16.5. The predicted octanol–water partition coefficient (Wildman–Crippen LogP) is 0.699. The van der Waals surface area contributed by atoms with Gasteiger partial charge < -0.3 is 18.9 Å². The van der Waals surface area contributed by atoms with Crippen LogP contribution < -0.4 is 10.3 Å². The highest BCUT2D eigenvalue weighted by Crippen LogP contribution is 2.41. The summed E-state index contributed by atoms with van der Waals surface area (Å²) in [6, 6.07) is 0.106. The van der Waals surface area contributed by atoms with Crippen molar-refractivity contribution in [3.05, 3.63) is 21.7 Å². The quantitative estimate of drug-likeness (QED) is 0.820. The van der Waals surface area contributed by atoms with E-state index in [0.717, 1.165) is 12.8 Å². The predicted molar refractivity (Wildman–Crippen MR) is 87.0 cm³/mol. The number of ether oxygens (including phenoxy) is 2. The Morgan fingerprint density at radius 2 is 2.00 bits per heavy atom. The monoisotopic (exact) mass is 346 g/mol. The summed E-state index contributed by atoms with van der Waals surface area (Å²) >= 11 is 0. The molecule has 0 saturated heterocycles. The molecule has 1 fully saturated rings. The summed E-state index contributed by atoms with van der Waals surface area (Å²) in [5.41, 5.74) is 0.00565. The Hall–Kier alpha value is -2.84. The first kappa shape index (κ1) is 15.7. The number of amides is 1. The van der Waals surface area contributed by atoms with Crippen molar-refractivity contribution in [2.24, 2.45) is 0 Å². The van der Waals surface area contributed by atoms with Gasteiger partial charge in [-0.15, -0.1) is 0 Å². The van der Waals surface area contributed by atoms with E-state index in [4.69, 9.17) is 9.47 Å². The number of rotatable bonds is 3. The number of carbonyl (C=O) groups is 2. The van der Waals surface area contributed by atoms with Crippen molar-refractivity contribution < 1.29 is 19.1 Å². The van der Waals surface area contributed by atoms with Gasteiger partial charge in [0.1, 0.15) is 5.39 Å². The number of methoxy groups -OCH3 is 2. The first-order chi connectivity index (χ1) is 12.0. The van der Waals surface area contributed by atoms with Crippen molar-refractivity contribution in [3.8, 4) is 5.75 Å². The fourth-order valence-electron chi connectivity index (χ4n) is 3.59. The number of esters is 1. The second kappa shape index (κ2) is 5.33. The Labute approximate surface area is 142 Å².